The van der Waals surface area contributed by atoms with Crippen molar-refractivity contribution < 1.29 is 19.2 Å². The van der Waals surface area contributed by atoms with Crippen LogP contribution >= 0.6 is 0 Å². The summed E-state index contributed by atoms with van der Waals surface area (Å²) >= 11 is 0. The fourth-order valence-corrected chi connectivity index (χ4v) is 8.45. The Morgan fingerprint density at radius 1 is 1.00 bits per heavy atom. The summed E-state index contributed by atoms with van der Waals surface area (Å²) in [6.45, 7) is 2.57. The van der Waals surface area contributed by atoms with Crippen molar-refractivity contribution in [2.45, 2.75) is 101 Å². The Morgan fingerprint density at radius 2 is 1.82 bits per heavy atom. The maximum absolute atomic E-state index is 13.3. The van der Waals surface area contributed by atoms with E-state index >= 15 is 0 Å². The third kappa shape index (κ3) is 7.89. The lowest BCUT2D eigenvalue weighted by atomic mass is 9.82. The van der Waals surface area contributed by atoms with Gasteiger partial charge in [-0.2, -0.15) is 0 Å². The quantitative estimate of drug-likeness (QED) is 0.181. The van der Waals surface area contributed by atoms with E-state index in [0.717, 1.165) is 92.8 Å². The van der Waals surface area contributed by atoms with Crippen LogP contribution in [0.4, 0.5) is 17.1 Å². The molecule has 51 heavy (non-hydrogen) atoms. The van der Waals surface area contributed by atoms with E-state index in [2.05, 4.69) is 33.4 Å². The van der Waals surface area contributed by atoms with Crippen LogP contribution in [0.1, 0.15) is 86.6 Å². The Morgan fingerprint density at radius 3 is 2.63 bits per heavy atom. The molecule has 5 aliphatic rings. The summed E-state index contributed by atoms with van der Waals surface area (Å²) in [5, 5.41) is 13.1. The molecule has 6 N–H and O–H groups in total. The molecule has 4 unspecified atom stereocenters. The standard InChI is InChI=1S/C39H50N8O4/c40-21-26(34-23-42-32-10-1-2-11-33(32)44-34)22-41-27-16-18-46(19-17-27)37(49)13-4-7-25-6-3-8-28(20-25)43-31-12-5-9-29-30(31)24-47(39(29)51)35-14-15-36(48)45-38(35)50/h1-2,5,9-12,21-22,25,27-28,34-35,42-44H,3-4,6-8,13-20,23-24,40H2,(H,45,48,50). The summed E-state index contributed by atoms with van der Waals surface area (Å²) in [5.74, 6) is -0.0348. The van der Waals surface area contributed by atoms with Crippen molar-refractivity contribution in [3.8, 4) is 0 Å². The number of amides is 4. The molecule has 1 saturated carbocycles. The number of anilines is 3. The van der Waals surface area contributed by atoms with E-state index < -0.39 is 11.9 Å². The Labute approximate surface area is 299 Å². The molecular weight excluding hydrogens is 644 g/mol. The van der Waals surface area contributed by atoms with Crippen molar-refractivity contribution in [3.63, 3.8) is 0 Å². The number of fused-ring (bicyclic) bond motifs is 2. The van der Waals surface area contributed by atoms with Crippen LogP contribution in [0.5, 0.6) is 0 Å². The molecule has 3 fully saturated rings. The highest BCUT2D eigenvalue weighted by atomic mass is 16.2. The molecule has 7 rings (SSSR count). The minimum absolute atomic E-state index is 0.0492. The zero-order valence-corrected chi connectivity index (χ0v) is 29.2. The van der Waals surface area contributed by atoms with Crippen LogP contribution in [0, 0.1) is 5.92 Å². The number of imide groups is 1. The molecule has 270 valence electrons. The van der Waals surface area contributed by atoms with E-state index in [9.17, 15) is 19.2 Å². The van der Waals surface area contributed by atoms with Crippen LogP contribution in [0.15, 0.2) is 59.2 Å². The lowest BCUT2D eigenvalue weighted by Gasteiger charge is -2.32. The summed E-state index contributed by atoms with van der Waals surface area (Å²) in [6.07, 6.45) is 12.7. The number of carbonyl (C=O) groups is 4. The van der Waals surface area contributed by atoms with Gasteiger partial charge in [-0.3, -0.25) is 29.5 Å². The van der Waals surface area contributed by atoms with E-state index in [-0.39, 0.29) is 36.2 Å². The third-order valence-corrected chi connectivity index (χ3v) is 11.3. The zero-order chi connectivity index (χ0) is 35.3. The minimum Gasteiger partial charge on any atom is -0.404 e. The number of nitrogens with zero attached hydrogens (tertiary/aromatic N) is 3. The molecule has 0 spiro atoms. The molecule has 2 saturated heterocycles. The van der Waals surface area contributed by atoms with E-state index in [1.165, 1.54) is 6.42 Å². The number of nitrogens with one attached hydrogen (secondary N) is 4. The molecule has 2 aromatic rings. The topological polar surface area (TPSA) is 161 Å². The van der Waals surface area contributed by atoms with Crippen LogP contribution in [0.25, 0.3) is 0 Å². The second-order valence-electron chi connectivity index (χ2n) is 14.7. The Balaban J connectivity index is 0.835. The number of para-hydroxylation sites is 2. The zero-order valence-electron chi connectivity index (χ0n) is 29.2. The van der Waals surface area contributed by atoms with Gasteiger partial charge >= 0.3 is 0 Å². The van der Waals surface area contributed by atoms with Crippen molar-refractivity contribution in [2.24, 2.45) is 16.6 Å². The SMILES string of the molecule is NC=C(C=NC1CCN(C(=O)CCCC2CCCC(Nc3cccc4c3CN(C3CCC(=O)NC3=O)C4=O)C2)CC1)C1CNc2ccccc2N1. The van der Waals surface area contributed by atoms with E-state index in [4.69, 9.17) is 10.7 Å². The summed E-state index contributed by atoms with van der Waals surface area (Å²) in [4.78, 5) is 59.0. The Bertz CT molecular complexity index is 1700. The van der Waals surface area contributed by atoms with Crippen molar-refractivity contribution in [2.75, 3.05) is 35.6 Å². The summed E-state index contributed by atoms with van der Waals surface area (Å²) in [6, 6.07) is 13.8. The van der Waals surface area contributed by atoms with Crippen molar-refractivity contribution in [3.05, 3.63) is 65.4 Å². The first-order chi connectivity index (χ1) is 24.9. The molecule has 12 heteroatoms. The number of hydrogen-bond acceptors (Lipinski definition) is 9. The first-order valence-electron chi connectivity index (χ1n) is 18.7. The Hall–Kier alpha value is -4.87. The number of benzene rings is 2. The van der Waals surface area contributed by atoms with Gasteiger partial charge in [0.15, 0.2) is 0 Å². The molecule has 0 radical (unpaired) electrons. The predicted octanol–water partition coefficient (Wildman–Crippen LogP) is 4.40. The van der Waals surface area contributed by atoms with E-state index in [1.807, 2.05) is 41.4 Å². The van der Waals surface area contributed by atoms with Crippen molar-refractivity contribution in [1.29, 1.82) is 0 Å². The molecule has 2 aromatic carbocycles. The fourth-order valence-electron chi connectivity index (χ4n) is 8.45. The average molecular weight is 695 g/mol. The van der Waals surface area contributed by atoms with Crippen LogP contribution in [0.2, 0.25) is 0 Å². The Kier molecular flexibility index (Phi) is 10.6. The second-order valence-corrected chi connectivity index (χ2v) is 14.7. The highest BCUT2D eigenvalue weighted by Gasteiger charge is 2.40. The van der Waals surface area contributed by atoms with Gasteiger partial charge in [-0.05, 0) is 75.1 Å². The molecular formula is C39H50N8O4. The van der Waals surface area contributed by atoms with Gasteiger partial charge in [-0.15, -0.1) is 0 Å². The second kappa shape index (κ2) is 15.6. The molecule has 12 nitrogen and oxygen atoms in total. The molecule has 1 aliphatic carbocycles. The summed E-state index contributed by atoms with van der Waals surface area (Å²) < 4.78 is 0. The van der Waals surface area contributed by atoms with Crippen molar-refractivity contribution >= 4 is 46.9 Å². The number of hydrogen-bond donors (Lipinski definition) is 5. The van der Waals surface area contributed by atoms with Gasteiger partial charge in [0.1, 0.15) is 6.04 Å². The van der Waals surface area contributed by atoms with Gasteiger partial charge in [0.25, 0.3) is 5.91 Å². The summed E-state index contributed by atoms with van der Waals surface area (Å²) in [5.41, 5.74) is 11.6. The maximum Gasteiger partial charge on any atom is 0.255 e. The molecule has 4 heterocycles. The van der Waals surface area contributed by atoms with Gasteiger partial charge in [0, 0.05) is 79.9 Å². The van der Waals surface area contributed by atoms with Gasteiger partial charge in [-0.25, -0.2) is 0 Å². The van der Waals surface area contributed by atoms with Crippen LogP contribution in [-0.4, -0.2) is 83.4 Å². The number of rotatable bonds is 10. The largest absolute Gasteiger partial charge is 0.404 e. The third-order valence-electron chi connectivity index (χ3n) is 11.3. The van der Waals surface area contributed by atoms with Crippen LogP contribution in [0.3, 0.4) is 0 Å². The highest BCUT2D eigenvalue weighted by Crippen LogP contribution is 2.36. The van der Waals surface area contributed by atoms with E-state index in [0.29, 0.717) is 36.9 Å². The predicted molar refractivity (Wildman–Crippen MR) is 198 cm³/mol. The average Bonchev–Trinajstić information content (AvgIpc) is 3.48. The van der Waals surface area contributed by atoms with E-state index in [1.54, 1.807) is 11.1 Å². The number of nitrogens with two attached hydrogens (primary N) is 1. The van der Waals surface area contributed by atoms with Gasteiger partial charge in [0.2, 0.25) is 17.7 Å². The smallest absolute Gasteiger partial charge is 0.255 e. The fraction of sp³-hybridized carbons (Fsp3) is 0.513. The molecule has 4 atom stereocenters. The van der Waals surface area contributed by atoms with Gasteiger partial charge < -0.3 is 31.5 Å². The molecule has 0 bridgehead atoms. The molecule has 0 aromatic heterocycles. The minimum atomic E-state index is -0.620. The number of likely N-dealkylation sites (tertiary alicyclic amines) is 1. The monoisotopic (exact) mass is 694 g/mol. The molecule has 4 amide bonds. The number of aliphatic imine (C=N–C) groups is 1. The van der Waals surface area contributed by atoms with Gasteiger partial charge in [-0.1, -0.05) is 31.0 Å². The first kappa shape index (κ1) is 34.6. The highest BCUT2D eigenvalue weighted by molar-refractivity contribution is 6.06. The maximum atomic E-state index is 13.3. The normalized spacial score (nSPS) is 25.6. The molecule has 4 aliphatic heterocycles. The number of piperidine rings is 2. The van der Waals surface area contributed by atoms with Crippen LogP contribution in [-0.2, 0) is 20.9 Å². The van der Waals surface area contributed by atoms with Crippen molar-refractivity contribution in [1.82, 2.24) is 15.1 Å². The van der Waals surface area contributed by atoms with Crippen LogP contribution < -0.4 is 27.0 Å². The number of carbonyl (C=O) groups excluding carboxylic acids is 4. The van der Waals surface area contributed by atoms with Gasteiger partial charge in [0.05, 0.1) is 23.5 Å². The summed E-state index contributed by atoms with van der Waals surface area (Å²) in [7, 11) is 0. The first-order valence-corrected chi connectivity index (χ1v) is 18.7. The lowest BCUT2D eigenvalue weighted by Crippen LogP contribution is -2.52. The lowest BCUT2D eigenvalue weighted by molar-refractivity contribution is -0.137.